The lowest BCUT2D eigenvalue weighted by Crippen LogP contribution is -2.31. The number of ether oxygens (including phenoxy) is 3. The van der Waals surface area contributed by atoms with E-state index in [1.807, 2.05) is 24.3 Å². The Kier molecular flexibility index (Phi) is 6.08. The molecule has 1 aliphatic rings. The molecule has 1 aromatic heterocycles. The van der Waals surface area contributed by atoms with E-state index in [4.69, 9.17) is 18.7 Å². The van der Waals surface area contributed by atoms with Crippen LogP contribution in [0.25, 0.3) is 11.4 Å². The Morgan fingerprint density at radius 3 is 2.77 bits per heavy atom. The van der Waals surface area contributed by atoms with Crippen LogP contribution in [0.4, 0.5) is 5.69 Å². The number of anilines is 1. The summed E-state index contributed by atoms with van der Waals surface area (Å²) < 4.78 is 20.9. The molecule has 0 saturated carbocycles. The normalized spacial score (nSPS) is 15.0. The van der Waals surface area contributed by atoms with Gasteiger partial charge in [-0.15, -0.1) is 11.8 Å². The average Bonchev–Trinajstić information content (AvgIpc) is 3.27. The van der Waals surface area contributed by atoms with Crippen molar-refractivity contribution in [2.24, 2.45) is 0 Å². The fraction of sp³-hybridized carbons (Fsp3) is 0.238. The highest BCUT2D eigenvalue weighted by atomic mass is 32.2. The van der Waals surface area contributed by atoms with Crippen LogP contribution in [-0.4, -0.2) is 41.5 Å². The predicted molar refractivity (Wildman–Crippen MR) is 112 cm³/mol. The molecule has 31 heavy (non-hydrogen) atoms. The fourth-order valence-electron chi connectivity index (χ4n) is 2.99. The van der Waals surface area contributed by atoms with Crippen molar-refractivity contribution in [2.75, 3.05) is 19.5 Å². The molecule has 0 fully saturated rings. The van der Waals surface area contributed by atoms with Crippen LogP contribution in [0, 0.1) is 0 Å². The first-order chi connectivity index (χ1) is 15.1. The van der Waals surface area contributed by atoms with Gasteiger partial charge in [0, 0.05) is 10.5 Å². The van der Waals surface area contributed by atoms with Crippen molar-refractivity contribution in [2.45, 2.75) is 23.2 Å². The number of esters is 1. The third kappa shape index (κ3) is 4.64. The van der Waals surface area contributed by atoms with Crippen molar-refractivity contribution >= 4 is 29.3 Å². The van der Waals surface area contributed by atoms with Crippen LogP contribution in [0.1, 0.15) is 12.3 Å². The molecule has 0 bridgehead atoms. The largest absolute Gasteiger partial charge is 0.493 e. The van der Waals surface area contributed by atoms with E-state index >= 15 is 0 Å². The van der Waals surface area contributed by atoms with Gasteiger partial charge in [-0.1, -0.05) is 17.3 Å². The summed E-state index contributed by atoms with van der Waals surface area (Å²) in [5.41, 5.74) is 1.41. The van der Waals surface area contributed by atoms with Crippen molar-refractivity contribution in [3.05, 3.63) is 48.4 Å². The second kappa shape index (κ2) is 9.09. The molecule has 0 unspecified atom stereocenters. The SMILES string of the molecule is COc1ccc(-c2noc(COC(=O)C[C@H]3Sc4ccccc4NC3=O)n2)cc1OC. The number of nitrogens with zero attached hydrogens (tertiary/aromatic N) is 2. The third-order valence-electron chi connectivity index (χ3n) is 4.53. The molecule has 1 aliphatic heterocycles. The highest BCUT2D eigenvalue weighted by Gasteiger charge is 2.29. The first kappa shape index (κ1) is 20.7. The molecule has 1 atom stereocenters. The Balaban J connectivity index is 1.35. The van der Waals surface area contributed by atoms with E-state index in [-0.39, 0.29) is 24.8 Å². The lowest BCUT2D eigenvalue weighted by molar-refractivity contribution is -0.146. The first-order valence-corrected chi connectivity index (χ1v) is 10.2. The zero-order valence-corrected chi connectivity index (χ0v) is 17.6. The third-order valence-corrected chi connectivity index (χ3v) is 5.80. The molecular formula is C21H19N3O6S. The van der Waals surface area contributed by atoms with E-state index in [2.05, 4.69) is 15.5 Å². The fourth-order valence-corrected chi connectivity index (χ4v) is 4.08. The molecule has 0 aliphatic carbocycles. The van der Waals surface area contributed by atoms with Crippen molar-refractivity contribution < 1.29 is 28.3 Å². The van der Waals surface area contributed by atoms with Crippen LogP contribution in [0.3, 0.4) is 0 Å². The number of carbonyl (C=O) groups excluding carboxylic acids is 2. The van der Waals surface area contributed by atoms with Crippen LogP contribution < -0.4 is 14.8 Å². The number of thioether (sulfide) groups is 1. The van der Waals surface area contributed by atoms with Gasteiger partial charge in [0.25, 0.3) is 5.89 Å². The molecule has 2 heterocycles. The van der Waals surface area contributed by atoms with Crippen molar-refractivity contribution in [3.63, 3.8) is 0 Å². The number of aromatic nitrogens is 2. The van der Waals surface area contributed by atoms with Crippen LogP contribution >= 0.6 is 11.8 Å². The van der Waals surface area contributed by atoms with Gasteiger partial charge in [-0.25, -0.2) is 0 Å². The Labute approximate surface area is 182 Å². The van der Waals surface area contributed by atoms with Gasteiger partial charge in [0.1, 0.15) is 0 Å². The number of rotatable bonds is 7. The summed E-state index contributed by atoms with van der Waals surface area (Å²) in [7, 11) is 3.08. The molecule has 10 heteroatoms. The standard InChI is InChI=1S/C21H19N3O6S/c1-27-14-8-7-12(9-15(14)28-2)20-23-18(30-24-20)11-29-19(25)10-17-21(26)22-13-5-3-4-6-16(13)31-17/h3-9,17H,10-11H2,1-2H3,(H,22,26)/t17-/m1/s1. The number of methoxy groups -OCH3 is 2. The van der Waals surface area contributed by atoms with Crippen molar-refractivity contribution in [1.29, 1.82) is 0 Å². The summed E-state index contributed by atoms with van der Waals surface area (Å²) in [6.07, 6.45) is -0.0679. The Morgan fingerprint density at radius 2 is 1.97 bits per heavy atom. The highest BCUT2D eigenvalue weighted by molar-refractivity contribution is 8.01. The molecule has 9 nitrogen and oxygen atoms in total. The summed E-state index contributed by atoms with van der Waals surface area (Å²) in [6, 6.07) is 12.6. The summed E-state index contributed by atoms with van der Waals surface area (Å²) >= 11 is 1.34. The minimum absolute atomic E-state index is 0.0679. The van der Waals surface area contributed by atoms with Gasteiger partial charge in [-0.2, -0.15) is 4.98 Å². The molecule has 4 rings (SSSR count). The van der Waals surface area contributed by atoms with E-state index in [1.165, 1.54) is 18.9 Å². The maximum absolute atomic E-state index is 12.2. The predicted octanol–water partition coefficient (Wildman–Crippen LogP) is 3.30. The Morgan fingerprint density at radius 1 is 1.16 bits per heavy atom. The van der Waals surface area contributed by atoms with Crippen LogP contribution in [0.5, 0.6) is 11.5 Å². The van der Waals surface area contributed by atoms with E-state index < -0.39 is 11.2 Å². The van der Waals surface area contributed by atoms with Gasteiger partial charge in [-0.05, 0) is 30.3 Å². The number of para-hydroxylation sites is 1. The smallest absolute Gasteiger partial charge is 0.307 e. The van der Waals surface area contributed by atoms with Gasteiger partial charge in [0.2, 0.25) is 11.7 Å². The van der Waals surface area contributed by atoms with E-state index in [9.17, 15) is 9.59 Å². The van der Waals surface area contributed by atoms with Gasteiger partial charge >= 0.3 is 5.97 Å². The molecular weight excluding hydrogens is 422 g/mol. The van der Waals surface area contributed by atoms with E-state index in [0.29, 0.717) is 22.9 Å². The number of benzene rings is 2. The molecule has 2 aromatic carbocycles. The zero-order chi connectivity index (χ0) is 21.8. The quantitative estimate of drug-likeness (QED) is 0.552. The Bertz CT molecular complexity index is 1120. The summed E-state index contributed by atoms with van der Waals surface area (Å²) in [4.78, 5) is 29.6. The number of hydrogen-bond donors (Lipinski definition) is 1. The van der Waals surface area contributed by atoms with Gasteiger partial charge in [-0.3, -0.25) is 9.59 Å². The lowest BCUT2D eigenvalue weighted by atomic mass is 10.2. The second-order valence-corrected chi connectivity index (χ2v) is 7.78. The van der Waals surface area contributed by atoms with Crippen LogP contribution in [0.15, 0.2) is 51.9 Å². The number of amides is 1. The molecule has 3 aromatic rings. The van der Waals surface area contributed by atoms with E-state index in [0.717, 1.165) is 10.6 Å². The zero-order valence-electron chi connectivity index (χ0n) is 16.8. The molecule has 1 amide bonds. The van der Waals surface area contributed by atoms with Gasteiger partial charge in [0.15, 0.2) is 18.1 Å². The number of fused-ring (bicyclic) bond motifs is 1. The summed E-state index contributed by atoms with van der Waals surface area (Å²) in [6.45, 7) is -0.186. The Hall–Kier alpha value is -3.53. The second-order valence-electron chi connectivity index (χ2n) is 6.54. The van der Waals surface area contributed by atoms with E-state index in [1.54, 1.807) is 25.3 Å². The van der Waals surface area contributed by atoms with Gasteiger partial charge in [0.05, 0.1) is 31.6 Å². The molecule has 0 saturated heterocycles. The highest BCUT2D eigenvalue weighted by Crippen LogP contribution is 2.36. The van der Waals surface area contributed by atoms with Crippen LogP contribution in [0.2, 0.25) is 0 Å². The lowest BCUT2D eigenvalue weighted by Gasteiger charge is -2.23. The average molecular weight is 441 g/mol. The van der Waals surface area contributed by atoms with Crippen LogP contribution in [-0.2, 0) is 20.9 Å². The maximum Gasteiger partial charge on any atom is 0.307 e. The number of nitrogens with one attached hydrogen (secondary N) is 1. The molecule has 1 N–H and O–H groups in total. The van der Waals surface area contributed by atoms with Crippen molar-refractivity contribution in [3.8, 4) is 22.9 Å². The molecule has 160 valence electrons. The number of hydrogen-bond acceptors (Lipinski definition) is 9. The number of carbonyl (C=O) groups is 2. The molecule has 0 spiro atoms. The first-order valence-electron chi connectivity index (χ1n) is 9.34. The molecule has 0 radical (unpaired) electrons. The van der Waals surface area contributed by atoms with Gasteiger partial charge < -0.3 is 24.1 Å². The monoisotopic (exact) mass is 441 g/mol. The van der Waals surface area contributed by atoms with Crippen molar-refractivity contribution in [1.82, 2.24) is 10.1 Å². The summed E-state index contributed by atoms with van der Waals surface area (Å²) in [5, 5.41) is 6.14. The minimum atomic E-state index is -0.563. The topological polar surface area (TPSA) is 113 Å². The minimum Gasteiger partial charge on any atom is -0.493 e. The summed E-state index contributed by atoms with van der Waals surface area (Å²) in [5.74, 6) is 0.820. The maximum atomic E-state index is 12.2.